The number of carbonyl (C=O) groups is 1. The average Bonchev–Trinajstić information content (AvgIpc) is 2.65. The first-order chi connectivity index (χ1) is 7.31. The fourth-order valence-electron chi connectivity index (χ4n) is 3.84. The summed E-state index contributed by atoms with van der Waals surface area (Å²) < 4.78 is 0. The summed E-state index contributed by atoms with van der Waals surface area (Å²) in [4.78, 5) is 16.2. The van der Waals surface area contributed by atoms with Crippen LogP contribution in [0.4, 0.5) is 4.79 Å². The smallest absolute Gasteiger partial charge is 0.333 e. The first-order valence-corrected chi connectivity index (χ1v) is 5.99. The van der Waals surface area contributed by atoms with E-state index in [4.69, 9.17) is 4.84 Å². The zero-order valence-corrected chi connectivity index (χ0v) is 9.03. The molecule has 0 aromatic heterocycles. The minimum Gasteiger partial charge on any atom is -0.333 e. The first kappa shape index (κ1) is 9.46. The van der Waals surface area contributed by atoms with Crippen molar-refractivity contribution in [3.63, 3.8) is 0 Å². The number of urea groups is 1. The predicted octanol–water partition coefficient (Wildman–Crippen LogP) is 1.28. The van der Waals surface area contributed by atoms with Gasteiger partial charge in [0, 0.05) is 6.04 Å². The van der Waals surface area contributed by atoms with Gasteiger partial charge in [0.25, 0.3) is 0 Å². The van der Waals surface area contributed by atoms with Crippen molar-refractivity contribution < 1.29 is 9.63 Å². The summed E-state index contributed by atoms with van der Waals surface area (Å²) in [6.07, 6.45) is 4.19. The Morgan fingerprint density at radius 3 is 2.60 bits per heavy atom. The summed E-state index contributed by atoms with van der Waals surface area (Å²) in [7, 11) is 0. The Hall–Kier alpha value is -0.770. The molecule has 0 aromatic carbocycles. The van der Waals surface area contributed by atoms with Crippen LogP contribution < -0.4 is 10.8 Å². The number of fused-ring (bicyclic) bond motifs is 5. The predicted molar refractivity (Wildman–Crippen MR) is 54.9 cm³/mol. The van der Waals surface area contributed by atoms with E-state index >= 15 is 0 Å². The summed E-state index contributed by atoms with van der Waals surface area (Å²) in [5, 5.41) is 3.02. The second-order valence-electron chi connectivity index (χ2n) is 5.02. The molecule has 0 aliphatic heterocycles. The van der Waals surface area contributed by atoms with Gasteiger partial charge in [-0.25, -0.2) is 10.3 Å². The normalized spacial score (nSPS) is 45.0. The van der Waals surface area contributed by atoms with Crippen molar-refractivity contribution in [1.82, 2.24) is 10.8 Å². The molecule has 0 unspecified atom stereocenters. The first-order valence-electron chi connectivity index (χ1n) is 5.99. The van der Waals surface area contributed by atoms with E-state index in [2.05, 4.69) is 10.8 Å². The second-order valence-corrected chi connectivity index (χ2v) is 5.02. The van der Waals surface area contributed by atoms with E-state index < -0.39 is 0 Å². The van der Waals surface area contributed by atoms with Crippen molar-refractivity contribution in [1.29, 1.82) is 0 Å². The lowest BCUT2D eigenvalue weighted by atomic mass is 10.0. The summed E-state index contributed by atoms with van der Waals surface area (Å²) in [5.41, 5.74) is 2.39. The second kappa shape index (κ2) is 3.37. The van der Waals surface area contributed by atoms with Gasteiger partial charge >= 0.3 is 6.03 Å². The highest BCUT2D eigenvalue weighted by Crippen LogP contribution is 2.65. The minimum atomic E-state index is -0.171. The van der Waals surface area contributed by atoms with Gasteiger partial charge in [-0.05, 0) is 49.9 Å². The van der Waals surface area contributed by atoms with Crippen LogP contribution in [0, 0.1) is 23.7 Å². The van der Waals surface area contributed by atoms with Crippen LogP contribution in [0.25, 0.3) is 0 Å². The molecule has 4 heteroatoms. The van der Waals surface area contributed by atoms with Gasteiger partial charge in [-0.1, -0.05) is 0 Å². The zero-order chi connectivity index (χ0) is 10.4. The highest BCUT2D eigenvalue weighted by Gasteiger charge is 2.65. The molecule has 4 atom stereocenters. The van der Waals surface area contributed by atoms with Crippen LogP contribution in [-0.2, 0) is 4.84 Å². The molecular formula is C11H18N2O2. The molecule has 0 radical (unpaired) electrons. The molecule has 3 rings (SSSR count). The lowest BCUT2D eigenvalue weighted by molar-refractivity contribution is 0.0701. The number of nitrogens with one attached hydrogen (secondary N) is 2. The average molecular weight is 210 g/mol. The Labute approximate surface area is 89.7 Å². The molecule has 2 amide bonds. The summed E-state index contributed by atoms with van der Waals surface area (Å²) >= 11 is 0. The molecule has 84 valence electrons. The van der Waals surface area contributed by atoms with Crippen LogP contribution in [0.5, 0.6) is 0 Å². The van der Waals surface area contributed by atoms with Crippen molar-refractivity contribution in [3.05, 3.63) is 0 Å². The van der Waals surface area contributed by atoms with E-state index in [0.29, 0.717) is 12.6 Å². The van der Waals surface area contributed by atoms with Gasteiger partial charge in [0.1, 0.15) is 0 Å². The van der Waals surface area contributed by atoms with Gasteiger partial charge < -0.3 is 5.32 Å². The van der Waals surface area contributed by atoms with Crippen molar-refractivity contribution in [2.75, 3.05) is 6.61 Å². The van der Waals surface area contributed by atoms with Crippen LogP contribution in [0.2, 0.25) is 0 Å². The Morgan fingerprint density at radius 2 is 2.00 bits per heavy atom. The van der Waals surface area contributed by atoms with Gasteiger partial charge in [0.2, 0.25) is 0 Å². The standard InChI is InChI=1S/C11H18N2O2/c1-2-15-13-11(14)12-10-8-6-3-4-7(5-6)9(8)10/h6-10H,2-5H2,1H3,(H2,12,13,14)/t6-,7-,8+,9+/m0/s1. The quantitative estimate of drug-likeness (QED) is 0.689. The van der Waals surface area contributed by atoms with E-state index in [1.165, 1.54) is 19.3 Å². The maximum atomic E-state index is 11.4. The number of hydrogen-bond acceptors (Lipinski definition) is 2. The molecule has 4 nitrogen and oxygen atoms in total. The van der Waals surface area contributed by atoms with Gasteiger partial charge in [0.15, 0.2) is 0 Å². The van der Waals surface area contributed by atoms with Gasteiger partial charge in [-0.2, -0.15) is 0 Å². The third-order valence-electron chi connectivity index (χ3n) is 4.34. The Morgan fingerprint density at radius 1 is 1.33 bits per heavy atom. The maximum Gasteiger partial charge on any atom is 0.338 e. The largest absolute Gasteiger partial charge is 0.338 e. The molecule has 15 heavy (non-hydrogen) atoms. The molecular weight excluding hydrogens is 192 g/mol. The molecule has 3 fully saturated rings. The Balaban J connectivity index is 1.49. The molecule has 0 aromatic rings. The highest BCUT2D eigenvalue weighted by atomic mass is 16.7. The number of hydrogen-bond donors (Lipinski definition) is 2. The number of hydroxylamine groups is 1. The van der Waals surface area contributed by atoms with E-state index in [-0.39, 0.29) is 6.03 Å². The summed E-state index contributed by atoms with van der Waals surface area (Å²) in [6, 6.07) is 0.271. The third kappa shape index (κ3) is 1.42. The van der Waals surface area contributed by atoms with Crippen molar-refractivity contribution >= 4 is 6.03 Å². The third-order valence-corrected chi connectivity index (χ3v) is 4.34. The van der Waals surface area contributed by atoms with Crippen LogP contribution in [0.3, 0.4) is 0 Å². The number of amides is 2. The Bertz CT molecular complexity index is 266. The van der Waals surface area contributed by atoms with E-state index in [1.54, 1.807) is 0 Å². The van der Waals surface area contributed by atoms with Crippen LogP contribution in [0.1, 0.15) is 26.2 Å². The monoisotopic (exact) mass is 210 g/mol. The number of carbonyl (C=O) groups excluding carboxylic acids is 1. The minimum absolute atomic E-state index is 0.171. The fraction of sp³-hybridized carbons (Fsp3) is 0.909. The van der Waals surface area contributed by atoms with Crippen molar-refractivity contribution in [3.8, 4) is 0 Å². The van der Waals surface area contributed by atoms with Gasteiger partial charge in [-0.15, -0.1) is 0 Å². The van der Waals surface area contributed by atoms with Crippen LogP contribution >= 0.6 is 0 Å². The molecule has 0 saturated heterocycles. The number of rotatable bonds is 3. The van der Waals surface area contributed by atoms with Crippen molar-refractivity contribution in [2.24, 2.45) is 23.7 Å². The topological polar surface area (TPSA) is 50.4 Å². The fourth-order valence-corrected chi connectivity index (χ4v) is 3.84. The lowest BCUT2D eigenvalue weighted by Crippen LogP contribution is -2.38. The molecule has 3 aliphatic rings. The van der Waals surface area contributed by atoms with Crippen LogP contribution in [-0.4, -0.2) is 18.7 Å². The molecule has 0 spiro atoms. The zero-order valence-electron chi connectivity index (χ0n) is 9.03. The molecule has 3 aliphatic carbocycles. The van der Waals surface area contributed by atoms with Crippen LogP contribution in [0.15, 0.2) is 0 Å². The van der Waals surface area contributed by atoms with E-state index in [0.717, 1.165) is 23.7 Å². The Kier molecular flexibility index (Phi) is 2.12. The SMILES string of the molecule is CCONC(=O)NC1[C@@H]2[C@H]3CC[C@@H](C3)[C@@H]12. The molecule has 2 N–H and O–H groups in total. The summed E-state index contributed by atoms with van der Waals surface area (Å²) in [5.74, 6) is 3.38. The van der Waals surface area contributed by atoms with Gasteiger partial charge in [-0.3, -0.25) is 4.84 Å². The molecule has 3 saturated carbocycles. The molecule has 2 bridgehead atoms. The van der Waals surface area contributed by atoms with E-state index in [9.17, 15) is 4.79 Å². The van der Waals surface area contributed by atoms with Gasteiger partial charge in [0.05, 0.1) is 6.61 Å². The highest BCUT2D eigenvalue weighted by molar-refractivity contribution is 5.73. The summed E-state index contributed by atoms with van der Waals surface area (Å²) in [6.45, 7) is 2.36. The lowest BCUT2D eigenvalue weighted by Gasteiger charge is -2.10. The maximum absolute atomic E-state index is 11.4. The van der Waals surface area contributed by atoms with Crippen molar-refractivity contribution in [2.45, 2.75) is 32.2 Å². The molecule has 0 heterocycles. The van der Waals surface area contributed by atoms with E-state index in [1.807, 2.05) is 6.92 Å².